The summed E-state index contributed by atoms with van der Waals surface area (Å²) in [6.45, 7) is 5.48. The summed E-state index contributed by atoms with van der Waals surface area (Å²) < 4.78 is 30.1. The number of hydrogen-bond donors (Lipinski definition) is 1. The molecule has 0 bridgehead atoms. The Morgan fingerprint density at radius 1 is 0.907 bits per heavy atom. The number of benzene rings is 2. The third-order valence-corrected chi connectivity index (χ3v) is 8.77. The molecular formula is C33H49NO7PS+. The fourth-order valence-electron chi connectivity index (χ4n) is 4.65. The number of thiazole rings is 1. The van der Waals surface area contributed by atoms with Gasteiger partial charge in [0, 0.05) is 18.2 Å². The molecule has 0 saturated carbocycles. The van der Waals surface area contributed by atoms with Crippen LogP contribution in [0.15, 0.2) is 59.6 Å². The molecule has 0 fully saturated rings. The second kappa shape index (κ2) is 19.9. The van der Waals surface area contributed by atoms with E-state index in [1.165, 1.54) is 64.9 Å². The SMILES string of the molecule is CCCCCCCCCCCCOc1cccc(OC[C@H](CO[P+]([O-])(O)Oc2cccc(C[n+]3ccsc3)c2)OC)c1C. The van der Waals surface area contributed by atoms with Gasteiger partial charge in [-0.05, 0) is 37.6 Å². The first-order valence-electron chi connectivity index (χ1n) is 15.4. The number of nitrogens with zero attached hydrogens (tertiary/aromatic N) is 1. The number of aromatic nitrogens is 1. The second-order valence-corrected chi connectivity index (χ2v) is 12.9. The van der Waals surface area contributed by atoms with Crippen LogP contribution in [-0.4, -0.2) is 37.9 Å². The quantitative estimate of drug-likeness (QED) is 0.0669. The van der Waals surface area contributed by atoms with Gasteiger partial charge in [-0.25, -0.2) is 0 Å². The Bertz CT molecular complexity index is 1160. The van der Waals surface area contributed by atoms with Gasteiger partial charge in [-0.2, -0.15) is 14.0 Å². The first kappa shape index (κ1) is 35.2. The van der Waals surface area contributed by atoms with Crippen LogP contribution in [0, 0.1) is 6.92 Å². The van der Waals surface area contributed by atoms with Crippen LogP contribution in [0.2, 0.25) is 0 Å². The molecular weight excluding hydrogens is 585 g/mol. The molecule has 2 atom stereocenters. The summed E-state index contributed by atoms with van der Waals surface area (Å²) in [6.07, 6.45) is 14.3. The van der Waals surface area contributed by atoms with E-state index in [2.05, 4.69) is 6.92 Å². The predicted octanol–water partition coefficient (Wildman–Crippen LogP) is 7.21. The van der Waals surface area contributed by atoms with E-state index < -0.39 is 14.3 Å². The molecule has 2 aromatic carbocycles. The minimum atomic E-state index is -4.38. The topological polar surface area (TPSA) is 93.3 Å². The van der Waals surface area contributed by atoms with Gasteiger partial charge in [0.2, 0.25) is 5.51 Å². The van der Waals surface area contributed by atoms with Crippen LogP contribution in [0.25, 0.3) is 0 Å². The maximum Gasteiger partial charge on any atom is 0.426 e. The molecule has 1 aromatic heterocycles. The smallest absolute Gasteiger partial charge is 0.426 e. The number of rotatable bonds is 23. The van der Waals surface area contributed by atoms with Gasteiger partial charge >= 0.3 is 8.17 Å². The van der Waals surface area contributed by atoms with Crippen LogP contribution in [-0.2, 0) is 15.8 Å². The van der Waals surface area contributed by atoms with Gasteiger partial charge in [0.15, 0.2) is 18.5 Å². The van der Waals surface area contributed by atoms with Crippen LogP contribution in [0.3, 0.4) is 0 Å². The Labute approximate surface area is 262 Å². The fraction of sp³-hybridized carbons (Fsp3) is 0.545. The van der Waals surface area contributed by atoms with Crippen molar-refractivity contribution < 1.29 is 37.6 Å². The highest BCUT2D eigenvalue weighted by Gasteiger charge is 2.31. The molecule has 3 aromatic rings. The summed E-state index contributed by atoms with van der Waals surface area (Å²) in [6, 6.07) is 12.8. The van der Waals surface area contributed by atoms with Gasteiger partial charge in [0.05, 0.1) is 12.0 Å². The molecule has 43 heavy (non-hydrogen) atoms. The first-order valence-corrected chi connectivity index (χ1v) is 17.9. The zero-order chi connectivity index (χ0) is 30.8. The molecule has 0 aliphatic carbocycles. The maximum atomic E-state index is 12.6. The van der Waals surface area contributed by atoms with Crippen molar-refractivity contribution in [3.63, 3.8) is 0 Å². The van der Waals surface area contributed by atoms with Crippen molar-refractivity contribution in [2.45, 2.75) is 90.7 Å². The summed E-state index contributed by atoms with van der Waals surface area (Å²) >= 11 is 1.60. The average molecular weight is 635 g/mol. The highest BCUT2D eigenvalue weighted by atomic mass is 32.1. The van der Waals surface area contributed by atoms with Gasteiger partial charge in [0.1, 0.15) is 30.8 Å². The minimum Gasteiger partial charge on any atom is -0.598 e. The van der Waals surface area contributed by atoms with Crippen LogP contribution in [0.1, 0.15) is 82.3 Å². The van der Waals surface area contributed by atoms with Gasteiger partial charge < -0.3 is 19.1 Å². The Morgan fingerprint density at radius 3 is 2.26 bits per heavy atom. The number of methoxy groups -OCH3 is 1. The first-order chi connectivity index (χ1) is 20.9. The number of phosphoric acid groups is 1. The van der Waals surface area contributed by atoms with Gasteiger partial charge in [0.25, 0.3) is 0 Å². The third kappa shape index (κ3) is 13.9. The van der Waals surface area contributed by atoms with E-state index in [0.717, 1.165) is 23.3 Å². The lowest BCUT2D eigenvalue weighted by Crippen LogP contribution is -2.30. The van der Waals surface area contributed by atoms with E-state index in [4.69, 9.17) is 23.3 Å². The van der Waals surface area contributed by atoms with E-state index >= 15 is 0 Å². The lowest BCUT2D eigenvalue weighted by Gasteiger charge is -2.23. The molecule has 1 unspecified atom stereocenters. The van der Waals surface area contributed by atoms with Crippen molar-refractivity contribution in [1.82, 2.24) is 0 Å². The average Bonchev–Trinajstić information content (AvgIpc) is 3.50. The molecule has 0 aliphatic heterocycles. The normalized spacial score (nSPS) is 13.4. The summed E-state index contributed by atoms with van der Waals surface area (Å²) in [4.78, 5) is 23.0. The Morgan fingerprint density at radius 2 is 1.58 bits per heavy atom. The van der Waals surface area contributed by atoms with E-state index in [1.807, 2.05) is 52.8 Å². The van der Waals surface area contributed by atoms with Gasteiger partial charge in [-0.15, -0.1) is 0 Å². The number of hydrogen-bond acceptors (Lipinski definition) is 8. The molecule has 0 spiro atoms. The lowest BCUT2D eigenvalue weighted by atomic mass is 10.1. The number of phosphoric ester groups is 1. The lowest BCUT2D eigenvalue weighted by molar-refractivity contribution is -0.683. The summed E-state index contributed by atoms with van der Waals surface area (Å²) in [5, 5.41) is 1.98. The Balaban J connectivity index is 1.37. The molecule has 0 radical (unpaired) electrons. The van der Waals surface area contributed by atoms with Crippen LogP contribution < -0.4 is 23.5 Å². The molecule has 1 heterocycles. The molecule has 238 valence electrons. The van der Waals surface area contributed by atoms with E-state index in [9.17, 15) is 9.79 Å². The molecule has 8 nitrogen and oxygen atoms in total. The van der Waals surface area contributed by atoms with Crippen molar-refractivity contribution in [2.75, 3.05) is 26.9 Å². The van der Waals surface area contributed by atoms with Crippen LogP contribution in [0.5, 0.6) is 17.2 Å². The molecule has 0 saturated heterocycles. The summed E-state index contributed by atoms with van der Waals surface area (Å²) in [7, 11) is -2.87. The highest BCUT2D eigenvalue weighted by Crippen LogP contribution is 2.48. The maximum absolute atomic E-state index is 12.6. The molecule has 3 rings (SSSR count). The summed E-state index contributed by atoms with van der Waals surface area (Å²) in [5.74, 6) is 1.73. The zero-order valence-corrected chi connectivity index (χ0v) is 27.7. The minimum absolute atomic E-state index is 0.132. The predicted molar refractivity (Wildman–Crippen MR) is 171 cm³/mol. The van der Waals surface area contributed by atoms with Crippen molar-refractivity contribution in [2.24, 2.45) is 0 Å². The Kier molecular flexibility index (Phi) is 16.3. The molecule has 0 aliphatic rings. The summed E-state index contributed by atoms with van der Waals surface area (Å²) in [5.41, 5.74) is 3.83. The van der Waals surface area contributed by atoms with Crippen LogP contribution in [0.4, 0.5) is 0 Å². The van der Waals surface area contributed by atoms with E-state index in [1.54, 1.807) is 29.5 Å². The van der Waals surface area contributed by atoms with Gasteiger partial charge in [-0.1, -0.05) is 94.2 Å². The number of unbranched alkanes of at least 4 members (excludes halogenated alkanes) is 9. The molecule has 0 amide bonds. The zero-order valence-electron chi connectivity index (χ0n) is 25.9. The van der Waals surface area contributed by atoms with Crippen LogP contribution >= 0.6 is 19.5 Å². The Hall–Kier alpha value is -2.26. The largest absolute Gasteiger partial charge is 0.598 e. The van der Waals surface area contributed by atoms with E-state index in [-0.39, 0.29) is 19.0 Å². The van der Waals surface area contributed by atoms with E-state index in [0.29, 0.717) is 18.9 Å². The van der Waals surface area contributed by atoms with Gasteiger partial charge in [-0.3, -0.25) is 4.52 Å². The molecule has 10 heteroatoms. The third-order valence-electron chi connectivity index (χ3n) is 7.18. The number of ether oxygens (including phenoxy) is 3. The second-order valence-electron chi connectivity index (χ2n) is 10.8. The van der Waals surface area contributed by atoms with Crippen molar-refractivity contribution in [3.05, 3.63) is 70.7 Å². The van der Waals surface area contributed by atoms with Crippen molar-refractivity contribution in [3.8, 4) is 17.2 Å². The highest BCUT2D eigenvalue weighted by molar-refractivity contribution is 7.53. The monoisotopic (exact) mass is 634 g/mol. The fourth-order valence-corrected chi connectivity index (χ4v) is 6.03. The molecule has 1 N–H and O–H groups in total. The standard InChI is InChI=1S/C33H48NO7PS/c1-4-5-6-7-8-9-10-11-12-13-21-38-32-18-15-19-33(28(32)2)39-25-31(37-3)26-40-42(35,36)41-30-17-14-16-29(23-30)24-34-20-22-43-27-34/h14-20,22-23,27,31H,4-13,21,24-26H2,1-3H3/p+1/t31-/m1/s1. The van der Waals surface area contributed by atoms with Crippen molar-refractivity contribution >= 4 is 19.5 Å². The van der Waals surface area contributed by atoms with Crippen molar-refractivity contribution in [1.29, 1.82) is 0 Å².